The molecule has 0 atom stereocenters. The number of carbonyl (C=O) groups is 1. The van der Waals surface area contributed by atoms with Gasteiger partial charge in [-0.1, -0.05) is 11.8 Å². The Morgan fingerprint density at radius 1 is 1.53 bits per heavy atom. The monoisotopic (exact) mass is 249 g/mol. The topological polar surface area (TPSA) is 81.1 Å². The van der Waals surface area contributed by atoms with E-state index in [1.165, 1.54) is 23.9 Å². The Bertz CT molecular complexity index is 566. The van der Waals surface area contributed by atoms with Crippen LogP contribution in [-0.4, -0.2) is 20.9 Å². The molecule has 88 valence electrons. The quantitative estimate of drug-likeness (QED) is 0.811. The van der Waals surface area contributed by atoms with E-state index >= 15 is 0 Å². The van der Waals surface area contributed by atoms with E-state index in [2.05, 4.69) is 5.10 Å². The summed E-state index contributed by atoms with van der Waals surface area (Å²) in [6.07, 6.45) is 3.60. The minimum atomic E-state index is -0.977. The Kier molecular flexibility index (Phi) is 3.06. The molecule has 0 amide bonds. The minimum Gasteiger partial charge on any atom is -0.478 e. The number of carboxylic acid groups (broad SMARTS) is 1. The second kappa shape index (κ2) is 4.50. The van der Waals surface area contributed by atoms with E-state index in [4.69, 9.17) is 10.8 Å². The van der Waals surface area contributed by atoms with E-state index in [0.29, 0.717) is 5.69 Å². The first kappa shape index (κ1) is 11.5. The van der Waals surface area contributed by atoms with Gasteiger partial charge in [-0.25, -0.2) is 4.79 Å². The molecule has 0 radical (unpaired) electrons. The third-order valence-corrected chi connectivity index (χ3v) is 3.20. The maximum atomic E-state index is 10.8. The molecular formula is C11H11N3O2S. The van der Waals surface area contributed by atoms with Crippen molar-refractivity contribution >= 4 is 23.4 Å². The number of aryl methyl sites for hydroxylation is 1. The highest BCUT2D eigenvalue weighted by Gasteiger charge is 2.08. The molecule has 0 fully saturated rings. The third-order valence-electron chi connectivity index (χ3n) is 2.17. The number of nitrogens with zero attached hydrogens (tertiary/aromatic N) is 2. The second-order valence-electron chi connectivity index (χ2n) is 3.51. The largest absolute Gasteiger partial charge is 0.478 e. The molecule has 0 unspecified atom stereocenters. The first-order valence-electron chi connectivity index (χ1n) is 4.85. The first-order valence-corrected chi connectivity index (χ1v) is 5.67. The van der Waals surface area contributed by atoms with Crippen molar-refractivity contribution in [2.75, 3.05) is 5.73 Å². The van der Waals surface area contributed by atoms with Gasteiger partial charge in [0.2, 0.25) is 0 Å². The molecule has 0 aliphatic carbocycles. The summed E-state index contributed by atoms with van der Waals surface area (Å²) in [4.78, 5) is 12.5. The second-order valence-corrected chi connectivity index (χ2v) is 4.62. The van der Waals surface area contributed by atoms with Gasteiger partial charge in [-0.15, -0.1) is 0 Å². The predicted molar refractivity (Wildman–Crippen MR) is 65.1 cm³/mol. The Labute approximate surface area is 102 Å². The lowest BCUT2D eigenvalue weighted by Gasteiger charge is -2.04. The molecule has 1 heterocycles. The van der Waals surface area contributed by atoms with Crippen molar-refractivity contribution in [2.24, 2.45) is 7.05 Å². The van der Waals surface area contributed by atoms with Gasteiger partial charge in [-0.2, -0.15) is 5.10 Å². The lowest BCUT2D eigenvalue weighted by molar-refractivity contribution is 0.0697. The molecule has 0 saturated carbocycles. The van der Waals surface area contributed by atoms with Gasteiger partial charge in [0.15, 0.2) is 0 Å². The summed E-state index contributed by atoms with van der Waals surface area (Å²) in [5.74, 6) is -0.977. The SMILES string of the molecule is Cn1cc(Sc2ccc(C(=O)O)cc2N)cn1. The van der Waals surface area contributed by atoms with Crippen molar-refractivity contribution in [2.45, 2.75) is 9.79 Å². The number of aromatic nitrogens is 2. The first-order chi connectivity index (χ1) is 8.06. The fourth-order valence-corrected chi connectivity index (χ4v) is 2.22. The van der Waals surface area contributed by atoms with Crippen LogP contribution in [0.4, 0.5) is 5.69 Å². The Morgan fingerprint density at radius 3 is 2.82 bits per heavy atom. The zero-order valence-corrected chi connectivity index (χ0v) is 9.94. The number of hydrogen-bond donors (Lipinski definition) is 2. The van der Waals surface area contributed by atoms with Crippen LogP contribution in [-0.2, 0) is 7.05 Å². The molecule has 0 bridgehead atoms. The molecular weight excluding hydrogens is 238 g/mol. The van der Waals surface area contributed by atoms with E-state index in [1.807, 2.05) is 13.2 Å². The number of anilines is 1. The summed E-state index contributed by atoms with van der Waals surface area (Å²) in [6.45, 7) is 0. The van der Waals surface area contributed by atoms with Gasteiger partial charge in [0.1, 0.15) is 0 Å². The van der Waals surface area contributed by atoms with E-state index in [0.717, 1.165) is 9.79 Å². The molecule has 0 aliphatic heterocycles. The minimum absolute atomic E-state index is 0.193. The van der Waals surface area contributed by atoms with Crippen molar-refractivity contribution in [3.05, 3.63) is 36.2 Å². The van der Waals surface area contributed by atoms with E-state index in [9.17, 15) is 4.79 Å². The lowest BCUT2D eigenvalue weighted by atomic mass is 10.2. The van der Waals surface area contributed by atoms with Crippen LogP contribution >= 0.6 is 11.8 Å². The molecule has 5 nitrogen and oxygen atoms in total. The maximum absolute atomic E-state index is 10.8. The van der Waals surface area contributed by atoms with E-state index in [-0.39, 0.29) is 5.56 Å². The lowest BCUT2D eigenvalue weighted by Crippen LogP contribution is -1.98. The average Bonchev–Trinajstić information content (AvgIpc) is 2.67. The van der Waals surface area contributed by atoms with Crippen LogP contribution < -0.4 is 5.73 Å². The molecule has 17 heavy (non-hydrogen) atoms. The fraction of sp³-hybridized carbons (Fsp3) is 0.0909. The zero-order chi connectivity index (χ0) is 12.4. The molecule has 0 spiro atoms. The Hall–Kier alpha value is -1.95. The summed E-state index contributed by atoms with van der Waals surface area (Å²) in [6, 6.07) is 4.70. The summed E-state index contributed by atoms with van der Waals surface area (Å²) in [5, 5.41) is 12.9. The number of rotatable bonds is 3. The van der Waals surface area contributed by atoms with Gasteiger partial charge in [0.05, 0.1) is 16.7 Å². The summed E-state index contributed by atoms with van der Waals surface area (Å²) >= 11 is 1.45. The number of aromatic carboxylic acids is 1. The average molecular weight is 249 g/mol. The van der Waals surface area contributed by atoms with Gasteiger partial charge < -0.3 is 10.8 Å². The van der Waals surface area contributed by atoms with Crippen molar-refractivity contribution in [1.29, 1.82) is 0 Å². The van der Waals surface area contributed by atoms with E-state index in [1.54, 1.807) is 16.9 Å². The van der Waals surface area contributed by atoms with Crippen LogP contribution in [0.3, 0.4) is 0 Å². The zero-order valence-electron chi connectivity index (χ0n) is 9.12. The standard InChI is InChI=1S/C11H11N3O2S/c1-14-6-8(5-13-14)17-10-3-2-7(11(15)16)4-9(10)12/h2-6H,12H2,1H3,(H,15,16). The number of carboxylic acids is 1. The number of nitrogens with two attached hydrogens (primary N) is 1. The van der Waals surface area contributed by atoms with Gasteiger partial charge in [0, 0.05) is 23.8 Å². The summed E-state index contributed by atoms with van der Waals surface area (Å²) in [7, 11) is 1.83. The van der Waals surface area contributed by atoms with Crippen LogP contribution in [0.1, 0.15) is 10.4 Å². The van der Waals surface area contributed by atoms with Gasteiger partial charge in [-0.3, -0.25) is 4.68 Å². The van der Waals surface area contributed by atoms with Crippen molar-refractivity contribution < 1.29 is 9.90 Å². The van der Waals surface area contributed by atoms with Crippen molar-refractivity contribution in [3.63, 3.8) is 0 Å². The normalized spacial score (nSPS) is 10.4. The van der Waals surface area contributed by atoms with E-state index < -0.39 is 5.97 Å². The molecule has 2 aromatic rings. The molecule has 0 aliphatic rings. The molecule has 1 aromatic heterocycles. The van der Waals surface area contributed by atoms with Crippen LogP contribution in [0.5, 0.6) is 0 Å². The van der Waals surface area contributed by atoms with Gasteiger partial charge in [-0.05, 0) is 18.2 Å². The van der Waals surface area contributed by atoms with Crippen molar-refractivity contribution in [3.8, 4) is 0 Å². The van der Waals surface area contributed by atoms with Crippen LogP contribution in [0.2, 0.25) is 0 Å². The highest BCUT2D eigenvalue weighted by molar-refractivity contribution is 7.99. The van der Waals surface area contributed by atoms with Crippen LogP contribution in [0, 0.1) is 0 Å². The maximum Gasteiger partial charge on any atom is 0.335 e. The van der Waals surface area contributed by atoms with Crippen molar-refractivity contribution in [1.82, 2.24) is 9.78 Å². The predicted octanol–water partition coefficient (Wildman–Crippen LogP) is 1.85. The van der Waals surface area contributed by atoms with Gasteiger partial charge >= 0.3 is 5.97 Å². The number of benzene rings is 1. The molecule has 3 N–H and O–H groups in total. The molecule has 0 saturated heterocycles. The summed E-state index contributed by atoms with van der Waals surface area (Å²) in [5.41, 5.74) is 6.45. The van der Waals surface area contributed by atoms with Gasteiger partial charge in [0.25, 0.3) is 0 Å². The molecule has 2 rings (SSSR count). The molecule has 1 aromatic carbocycles. The Morgan fingerprint density at radius 2 is 2.29 bits per heavy atom. The summed E-state index contributed by atoms with van der Waals surface area (Å²) < 4.78 is 1.70. The smallest absolute Gasteiger partial charge is 0.335 e. The Balaban J connectivity index is 2.25. The fourth-order valence-electron chi connectivity index (χ4n) is 1.35. The molecule has 6 heteroatoms. The number of nitrogen functional groups attached to an aromatic ring is 1. The van der Waals surface area contributed by atoms with Crippen LogP contribution in [0.15, 0.2) is 40.4 Å². The third kappa shape index (κ3) is 2.59. The highest BCUT2D eigenvalue weighted by Crippen LogP contribution is 2.32. The highest BCUT2D eigenvalue weighted by atomic mass is 32.2. The van der Waals surface area contributed by atoms with Crippen LogP contribution in [0.25, 0.3) is 0 Å². The number of hydrogen-bond acceptors (Lipinski definition) is 4.